The van der Waals surface area contributed by atoms with Crippen molar-refractivity contribution < 1.29 is 4.74 Å². The van der Waals surface area contributed by atoms with Gasteiger partial charge in [0.25, 0.3) is 0 Å². The zero-order valence-corrected chi connectivity index (χ0v) is 12.3. The van der Waals surface area contributed by atoms with Crippen LogP contribution in [0.3, 0.4) is 0 Å². The van der Waals surface area contributed by atoms with Gasteiger partial charge in [-0.1, -0.05) is 38.0 Å². The normalized spacial score (nSPS) is 23.3. The van der Waals surface area contributed by atoms with E-state index in [9.17, 15) is 0 Å². The van der Waals surface area contributed by atoms with Gasteiger partial charge in [0.2, 0.25) is 0 Å². The molecule has 0 aliphatic heterocycles. The predicted octanol–water partition coefficient (Wildman–Crippen LogP) is 3.65. The van der Waals surface area contributed by atoms with Gasteiger partial charge in [0, 0.05) is 0 Å². The van der Waals surface area contributed by atoms with Crippen LogP contribution >= 0.6 is 0 Å². The van der Waals surface area contributed by atoms with E-state index in [-0.39, 0.29) is 0 Å². The monoisotopic (exact) mass is 261 g/mol. The summed E-state index contributed by atoms with van der Waals surface area (Å²) in [5.74, 6) is 2.83. The molecular formula is C17H27NO. The van der Waals surface area contributed by atoms with Crippen LogP contribution < -0.4 is 10.1 Å². The van der Waals surface area contributed by atoms with Crippen LogP contribution in [0.2, 0.25) is 0 Å². The Labute approximate surface area is 117 Å². The minimum atomic E-state index is 0.890. The summed E-state index contributed by atoms with van der Waals surface area (Å²) in [5.41, 5.74) is 1.30. The first kappa shape index (κ1) is 14.4. The zero-order chi connectivity index (χ0) is 13.5. The minimum Gasteiger partial charge on any atom is -0.496 e. The van der Waals surface area contributed by atoms with Crippen LogP contribution in [-0.4, -0.2) is 20.2 Å². The van der Waals surface area contributed by atoms with Gasteiger partial charge in [-0.2, -0.15) is 0 Å². The maximum atomic E-state index is 5.38. The van der Waals surface area contributed by atoms with E-state index in [2.05, 4.69) is 24.4 Å². The van der Waals surface area contributed by atoms with Gasteiger partial charge in [0.05, 0.1) is 7.11 Å². The SMILES string of the molecule is COc1ccccc1CCNCC1CCCC(C)C1. The summed E-state index contributed by atoms with van der Waals surface area (Å²) in [6, 6.07) is 8.31. The van der Waals surface area contributed by atoms with Gasteiger partial charge < -0.3 is 10.1 Å². The smallest absolute Gasteiger partial charge is 0.122 e. The molecule has 2 unspecified atom stereocenters. The lowest BCUT2D eigenvalue weighted by atomic mass is 9.82. The van der Waals surface area contributed by atoms with Crippen molar-refractivity contribution in [3.63, 3.8) is 0 Å². The third-order valence-corrected chi connectivity index (χ3v) is 4.24. The van der Waals surface area contributed by atoms with E-state index in [1.165, 1.54) is 37.8 Å². The molecule has 1 aromatic carbocycles. The summed E-state index contributed by atoms with van der Waals surface area (Å²) >= 11 is 0. The Hall–Kier alpha value is -1.02. The highest BCUT2D eigenvalue weighted by molar-refractivity contribution is 5.33. The van der Waals surface area contributed by atoms with Crippen molar-refractivity contribution in [1.29, 1.82) is 0 Å². The maximum absolute atomic E-state index is 5.38. The molecule has 0 spiro atoms. The number of ether oxygens (including phenoxy) is 1. The highest BCUT2D eigenvalue weighted by atomic mass is 16.5. The number of para-hydroxylation sites is 1. The highest BCUT2D eigenvalue weighted by Gasteiger charge is 2.18. The standard InChI is InChI=1S/C17H27NO/c1-14-6-5-7-15(12-14)13-18-11-10-16-8-3-4-9-17(16)19-2/h3-4,8-9,14-15,18H,5-7,10-13H2,1-2H3. The molecule has 1 N–H and O–H groups in total. The van der Waals surface area contributed by atoms with Crippen LogP contribution in [0.4, 0.5) is 0 Å². The molecule has 0 radical (unpaired) electrons. The molecule has 0 saturated heterocycles. The number of nitrogens with one attached hydrogen (secondary N) is 1. The number of methoxy groups -OCH3 is 1. The van der Waals surface area contributed by atoms with Gasteiger partial charge in [0.1, 0.15) is 5.75 Å². The molecule has 106 valence electrons. The Morgan fingerprint density at radius 1 is 1.26 bits per heavy atom. The quantitative estimate of drug-likeness (QED) is 0.789. The summed E-state index contributed by atoms with van der Waals surface area (Å²) in [7, 11) is 1.75. The highest BCUT2D eigenvalue weighted by Crippen LogP contribution is 2.27. The fraction of sp³-hybridized carbons (Fsp3) is 0.647. The van der Waals surface area contributed by atoms with E-state index in [0.29, 0.717) is 0 Å². The summed E-state index contributed by atoms with van der Waals surface area (Å²) < 4.78 is 5.38. The van der Waals surface area contributed by atoms with E-state index in [4.69, 9.17) is 4.74 Å². The van der Waals surface area contributed by atoms with Crippen LogP contribution in [0.15, 0.2) is 24.3 Å². The molecule has 19 heavy (non-hydrogen) atoms. The average molecular weight is 261 g/mol. The van der Waals surface area contributed by atoms with Gasteiger partial charge in [-0.05, 0) is 55.8 Å². The number of hydrogen-bond donors (Lipinski definition) is 1. The third kappa shape index (κ3) is 4.54. The number of rotatable bonds is 6. The molecule has 1 saturated carbocycles. The van der Waals surface area contributed by atoms with Gasteiger partial charge in [0.15, 0.2) is 0 Å². The minimum absolute atomic E-state index is 0.890. The molecule has 1 aliphatic rings. The molecule has 0 amide bonds. The Bertz CT molecular complexity index is 377. The number of hydrogen-bond acceptors (Lipinski definition) is 2. The van der Waals surface area contributed by atoms with Crippen LogP contribution in [0.1, 0.15) is 38.2 Å². The summed E-state index contributed by atoms with van der Waals surface area (Å²) in [5, 5.41) is 3.62. The zero-order valence-electron chi connectivity index (χ0n) is 12.3. The van der Waals surface area contributed by atoms with Crippen LogP contribution in [-0.2, 0) is 6.42 Å². The van der Waals surface area contributed by atoms with Gasteiger partial charge in [-0.25, -0.2) is 0 Å². The Morgan fingerprint density at radius 2 is 2.11 bits per heavy atom. The third-order valence-electron chi connectivity index (χ3n) is 4.24. The van der Waals surface area contributed by atoms with Crippen molar-refractivity contribution in [2.24, 2.45) is 11.8 Å². The lowest BCUT2D eigenvalue weighted by Gasteiger charge is -2.26. The van der Waals surface area contributed by atoms with E-state index >= 15 is 0 Å². The van der Waals surface area contributed by atoms with E-state index in [0.717, 1.165) is 30.6 Å². The molecule has 0 aromatic heterocycles. The first-order valence-corrected chi connectivity index (χ1v) is 7.62. The first-order chi connectivity index (χ1) is 9.29. The molecule has 1 aliphatic carbocycles. The number of benzene rings is 1. The van der Waals surface area contributed by atoms with Crippen LogP contribution in [0.5, 0.6) is 5.75 Å². The molecule has 0 heterocycles. The second kappa shape index (κ2) is 7.54. The van der Waals surface area contributed by atoms with Crippen LogP contribution in [0.25, 0.3) is 0 Å². The van der Waals surface area contributed by atoms with E-state index in [1.807, 2.05) is 12.1 Å². The topological polar surface area (TPSA) is 21.3 Å². The molecule has 2 rings (SSSR count). The fourth-order valence-corrected chi connectivity index (χ4v) is 3.18. The Balaban J connectivity index is 1.69. The molecule has 1 aromatic rings. The molecule has 1 fully saturated rings. The van der Waals surface area contributed by atoms with E-state index < -0.39 is 0 Å². The van der Waals surface area contributed by atoms with E-state index in [1.54, 1.807) is 7.11 Å². The van der Waals surface area contributed by atoms with Gasteiger partial charge >= 0.3 is 0 Å². The van der Waals surface area contributed by atoms with Gasteiger partial charge in [-0.15, -0.1) is 0 Å². The maximum Gasteiger partial charge on any atom is 0.122 e. The molecule has 2 nitrogen and oxygen atoms in total. The molecule has 2 atom stereocenters. The lowest BCUT2D eigenvalue weighted by Crippen LogP contribution is -2.28. The van der Waals surface area contributed by atoms with Crippen molar-refractivity contribution in [2.45, 2.75) is 39.0 Å². The second-order valence-corrected chi connectivity index (χ2v) is 5.90. The van der Waals surface area contributed by atoms with Crippen molar-refractivity contribution in [1.82, 2.24) is 5.32 Å². The lowest BCUT2D eigenvalue weighted by molar-refractivity contribution is 0.275. The Morgan fingerprint density at radius 3 is 2.89 bits per heavy atom. The Kier molecular flexibility index (Phi) is 5.71. The molecule has 2 heteroatoms. The van der Waals surface area contributed by atoms with Crippen molar-refractivity contribution in [2.75, 3.05) is 20.2 Å². The molecule has 0 bridgehead atoms. The summed E-state index contributed by atoms with van der Waals surface area (Å²) in [6.07, 6.45) is 6.71. The summed E-state index contributed by atoms with van der Waals surface area (Å²) in [4.78, 5) is 0. The van der Waals surface area contributed by atoms with Gasteiger partial charge in [-0.3, -0.25) is 0 Å². The van der Waals surface area contributed by atoms with Crippen molar-refractivity contribution >= 4 is 0 Å². The predicted molar refractivity (Wildman–Crippen MR) is 80.7 cm³/mol. The summed E-state index contributed by atoms with van der Waals surface area (Å²) in [6.45, 7) is 4.62. The fourth-order valence-electron chi connectivity index (χ4n) is 3.18. The largest absolute Gasteiger partial charge is 0.496 e. The molecular weight excluding hydrogens is 234 g/mol. The first-order valence-electron chi connectivity index (χ1n) is 7.62. The van der Waals surface area contributed by atoms with Crippen LogP contribution in [0, 0.1) is 11.8 Å². The average Bonchev–Trinajstić information content (AvgIpc) is 2.44. The second-order valence-electron chi connectivity index (χ2n) is 5.90. The van der Waals surface area contributed by atoms with Crippen molar-refractivity contribution in [3.05, 3.63) is 29.8 Å². The van der Waals surface area contributed by atoms with Crippen molar-refractivity contribution in [3.8, 4) is 5.75 Å².